The molecule has 1 heterocycles. The second kappa shape index (κ2) is 9.07. The normalized spacial score (nSPS) is 12.0. The third-order valence-corrected chi connectivity index (χ3v) is 5.11. The van der Waals surface area contributed by atoms with Crippen molar-refractivity contribution in [1.82, 2.24) is 14.3 Å². The topological polar surface area (TPSA) is 82.9 Å². The number of hydrogen-bond acceptors (Lipinski definition) is 4. The van der Waals surface area contributed by atoms with Gasteiger partial charge in [-0.25, -0.2) is 22.8 Å². The number of nitrogens with two attached hydrogens (primary N) is 1. The van der Waals surface area contributed by atoms with Crippen LogP contribution in [-0.2, 0) is 13.0 Å². The fraction of sp³-hybridized carbons (Fsp3) is 0.125. The van der Waals surface area contributed by atoms with Crippen LogP contribution in [0.1, 0.15) is 17.3 Å². The Kier molecular flexibility index (Phi) is 6.04. The maximum Gasteiger partial charge on any atom is 0.349 e. The molecule has 0 saturated carbocycles. The monoisotopic (exact) mass is 434 g/mol. The summed E-state index contributed by atoms with van der Waals surface area (Å²) in [6, 6.07) is 21.1. The second-order valence-electron chi connectivity index (χ2n) is 7.29. The summed E-state index contributed by atoms with van der Waals surface area (Å²) in [7, 11) is 0. The highest BCUT2D eigenvalue weighted by molar-refractivity contribution is 5.57. The van der Waals surface area contributed by atoms with Crippen LogP contribution in [0.3, 0.4) is 0 Å². The summed E-state index contributed by atoms with van der Waals surface area (Å²) in [6.45, 7) is -0.491. The molecule has 1 atom stereocenters. The number of hydrogen-bond donors (Lipinski definition) is 1. The van der Waals surface area contributed by atoms with Crippen molar-refractivity contribution in [3.8, 4) is 11.3 Å². The molecule has 8 heteroatoms. The predicted molar refractivity (Wildman–Crippen MR) is 117 cm³/mol. The summed E-state index contributed by atoms with van der Waals surface area (Å²) >= 11 is 0. The zero-order valence-electron chi connectivity index (χ0n) is 17.0. The highest BCUT2D eigenvalue weighted by atomic mass is 19.1. The Labute approximate surface area is 182 Å². The summed E-state index contributed by atoms with van der Waals surface area (Å²) in [6.07, 6.45) is -0.790. The van der Waals surface area contributed by atoms with Crippen LogP contribution < -0.4 is 17.0 Å². The van der Waals surface area contributed by atoms with E-state index in [4.69, 9.17) is 5.73 Å². The molecular weight excluding hydrogens is 414 g/mol. The SMILES string of the molecule is NC(Cc1ccccc1)n1c(=O)c(-c2ccccc2)nn(Cc2c(F)cccc2F)c1=O. The van der Waals surface area contributed by atoms with Gasteiger partial charge in [0.15, 0.2) is 5.69 Å². The number of aromatic nitrogens is 3. The zero-order chi connectivity index (χ0) is 22.7. The lowest BCUT2D eigenvalue weighted by Gasteiger charge is -2.18. The molecule has 1 unspecified atom stereocenters. The van der Waals surface area contributed by atoms with Crippen LogP contribution >= 0.6 is 0 Å². The molecule has 0 bridgehead atoms. The van der Waals surface area contributed by atoms with Crippen LogP contribution in [0.15, 0.2) is 88.5 Å². The molecule has 32 heavy (non-hydrogen) atoms. The Morgan fingerprint density at radius 1 is 0.844 bits per heavy atom. The van der Waals surface area contributed by atoms with Crippen LogP contribution in [0, 0.1) is 11.6 Å². The number of benzene rings is 3. The fourth-order valence-corrected chi connectivity index (χ4v) is 3.48. The minimum Gasteiger partial charge on any atom is -0.310 e. The highest BCUT2D eigenvalue weighted by Crippen LogP contribution is 2.15. The lowest BCUT2D eigenvalue weighted by Crippen LogP contribution is -2.47. The molecule has 162 valence electrons. The van der Waals surface area contributed by atoms with E-state index in [-0.39, 0.29) is 17.7 Å². The van der Waals surface area contributed by atoms with Crippen molar-refractivity contribution >= 4 is 0 Å². The van der Waals surface area contributed by atoms with Gasteiger partial charge in [-0.15, -0.1) is 0 Å². The van der Waals surface area contributed by atoms with Crippen molar-refractivity contribution < 1.29 is 8.78 Å². The first kappa shape index (κ1) is 21.3. The van der Waals surface area contributed by atoms with E-state index in [1.165, 1.54) is 6.07 Å². The molecule has 3 aromatic carbocycles. The van der Waals surface area contributed by atoms with Gasteiger partial charge in [0.05, 0.1) is 12.7 Å². The maximum absolute atomic E-state index is 14.2. The van der Waals surface area contributed by atoms with Gasteiger partial charge in [0.1, 0.15) is 11.6 Å². The van der Waals surface area contributed by atoms with Crippen molar-refractivity contribution in [3.63, 3.8) is 0 Å². The Bertz CT molecular complexity index is 1330. The van der Waals surface area contributed by atoms with E-state index in [1.54, 1.807) is 30.3 Å². The van der Waals surface area contributed by atoms with E-state index in [0.29, 0.717) is 5.56 Å². The molecule has 0 amide bonds. The largest absolute Gasteiger partial charge is 0.349 e. The Balaban J connectivity index is 1.87. The van der Waals surface area contributed by atoms with Gasteiger partial charge in [-0.05, 0) is 17.7 Å². The minimum absolute atomic E-state index is 0.0366. The first-order valence-electron chi connectivity index (χ1n) is 9.97. The van der Waals surface area contributed by atoms with E-state index in [1.807, 2.05) is 30.3 Å². The van der Waals surface area contributed by atoms with Gasteiger partial charge < -0.3 is 5.73 Å². The van der Waals surface area contributed by atoms with Crippen LogP contribution in [0.5, 0.6) is 0 Å². The predicted octanol–water partition coefficient (Wildman–Crippen LogP) is 3.10. The first-order valence-corrected chi connectivity index (χ1v) is 9.97. The summed E-state index contributed by atoms with van der Waals surface area (Å²) in [5.74, 6) is -1.63. The third-order valence-electron chi connectivity index (χ3n) is 5.11. The Hall–Kier alpha value is -3.91. The van der Waals surface area contributed by atoms with Gasteiger partial charge in [-0.1, -0.05) is 66.7 Å². The molecule has 1 aromatic heterocycles. The number of rotatable bonds is 6. The standard InChI is InChI=1S/C24H20F2N4O2/c25-19-12-7-13-20(26)18(19)15-29-24(32)30(21(27)14-16-8-3-1-4-9-16)23(31)22(28-29)17-10-5-2-6-11-17/h1-13,21H,14-15,27H2. The number of halogens is 2. The molecule has 0 aliphatic rings. The summed E-state index contributed by atoms with van der Waals surface area (Å²) in [5.41, 5.74) is 5.68. The first-order chi connectivity index (χ1) is 15.5. The molecule has 2 N–H and O–H groups in total. The third kappa shape index (κ3) is 4.26. The minimum atomic E-state index is -1.00. The van der Waals surface area contributed by atoms with Gasteiger partial charge in [-0.3, -0.25) is 4.79 Å². The molecule has 0 spiro atoms. The fourth-order valence-electron chi connectivity index (χ4n) is 3.48. The molecule has 0 aliphatic carbocycles. The van der Waals surface area contributed by atoms with Gasteiger partial charge in [-0.2, -0.15) is 5.10 Å². The highest BCUT2D eigenvalue weighted by Gasteiger charge is 2.21. The number of nitrogens with zero attached hydrogens (tertiary/aromatic N) is 3. The van der Waals surface area contributed by atoms with E-state index >= 15 is 0 Å². The molecule has 6 nitrogen and oxygen atoms in total. The van der Waals surface area contributed by atoms with E-state index < -0.39 is 35.6 Å². The van der Waals surface area contributed by atoms with E-state index in [9.17, 15) is 18.4 Å². The van der Waals surface area contributed by atoms with Crippen molar-refractivity contribution in [3.05, 3.63) is 122 Å². The Morgan fingerprint density at radius 2 is 1.44 bits per heavy atom. The lowest BCUT2D eigenvalue weighted by molar-refractivity contribution is 0.431. The molecule has 0 fully saturated rings. The van der Waals surface area contributed by atoms with Gasteiger partial charge in [0, 0.05) is 17.5 Å². The van der Waals surface area contributed by atoms with E-state index in [2.05, 4.69) is 5.10 Å². The maximum atomic E-state index is 14.2. The van der Waals surface area contributed by atoms with Crippen molar-refractivity contribution in [2.24, 2.45) is 5.73 Å². The summed E-state index contributed by atoms with van der Waals surface area (Å²) in [5, 5.41) is 4.15. The summed E-state index contributed by atoms with van der Waals surface area (Å²) < 4.78 is 30.2. The molecule has 0 aliphatic heterocycles. The average Bonchev–Trinajstić information content (AvgIpc) is 2.79. The molecule has 0 saturated heterocycles. The average molecular weight is 434 g/mol. The van der Waals surface area contributed by atoms with E-state index in [0.717, 1.165) is 26.9 Å². The lowest BCUT2D eigenvalue weighted by atomic mass is 10.1. The molecule has 4 rings (SSSR count). The van der Waals surface area contributed by atoms with Crippen molar-refractivity contribution in [2.45, 2.75) is 19.1 Å². The van der Waals surface area contributed by atoms with Crippen LogP contribution in [-0.4, -0.2) is 14.3 Å². The molecule has 0 radical (unpaired) electrons. The van der Waals surface area contributed by atoms with Crippen LogP contribution in [0.25, 0.3) is 11.3 Å². The van der Waals surface area contributed by atoms with Crippen molar-refractivity contribution in [1.29, 1.82) is 0 Å². The van der Waals surface area contributed by atoms with Gasteiger partial charge in [0.25, 0.3) is 5.56 Å². The Morgan fingerprint density at radius 3 is 2.06 bits per heavy atom. The molecule has 4 aromatic rings. The summed E-state index contributed by atoms with van der Waals surface area (Å²) in [4.78, 5) is 26.4. The smallest absolute Gasteiger partial charge is 0.310 e. The van der Waals surface area contributed by atoms with Crippen LogP contribution in [0.2, 0.25) is 0 Å². The quantitative estimate of drug-likeness (QED) is 0.506. The van der Waals surface area contributed by atoms with Gasteiger partial charge >= 0.3 is 5.69 Å². The second-order valence-corrected chi connectivity index (χ2v) is 7.29. The molecular formula is C24H20F2N4O2. The van der Waals surface area contributed by atoms with Crippen LogP contribution in [0.4, 0.5) is 8.78 Å². The van der Waals surface area contributed by atoms with Gasteiger partial charge in [0.2, 0.25) is 0 Å². The van der Waals surface area contributed by atoms with Crippen molar-refractivity contribution in [2.75, 3.05) is 0 Å². The zero-order valence-corrected chi connectivity index (χ0v) is 17.0.